The largest absolute Gasteiger partial charge is 0.495 e. The molecule has 15 heavy (non-hydrogen) atoms. The van der Waals surface area contributed by atoms with E-state index in [-0.39, 0.29) is 0 Å². The minimum Gasteiger partial charge on any atom is -0.495 e. The highest BCUT2D eigenvalue weighted by molar-refractivity contribution is 6.44. The lowest BCUT2D eigenvalue weighted by molar-refractivity contribution is 0.415. The average molecular weight is 243 g/mol. The van der Waals surface area contributed by atoms with Gasteiger partial charge in [0.05, 0.1) is 17.8 Å². The Balaban J connectivity index is 2.56. The zero-order valence-corrected chi connectivity index (χ0v) is 9.43. The van der Waals surface area contributed by atoms with Crippen molar-refractivity contribution < 1.29 is 4.74 Å². The van der Waals surface area contributed by atoms with Crippen LogP contribution in [0.2, 0.25) is 10.0 Å². The first-order valence-electron chi connectivity index (χ1n) is 4.25. The van der Waals surface area contributed by atoms with E-state index in [4.69, 9.17) is 27.9 Å². The van der Waals surface area contributed by atoms with Gasteiger partial charge >= 0.3 is 0 Å². The molecule has 0 saturated heterocycles. The van der Waals surface area contributed by atoms with E-state index in [1.165, 1.54) is 0 Å². The van der Waals surface area contributed by atoms with E-state index in [9.17, 15) is 0 Å². The van der Waals surface area contributed by atoms with Gasteiger partial charge < -0.3 is 4.74 Å². The molecule has 0 atom stereocenters. The summed E-state index contributed by atoms with van der Waals surface area (Å²) in [6, 6.07) is 5.43. The van der Waals surface area contributed by atoms with Gasteiger partial charge in [0, 0.05) is 11.8 Å². The third-order valence-electron chi connectivity index (χ3n) is 2.06. The third kappa shape index (κ3) is 1.80. The first-order valence-corrected chi connectivity index (χ1v) is 5.01. The fourth-order valence-electron chi connectivity index (χ4n) is 1.30. The number of H-pyrrole nitrogens is 1. The molecule has 0 bridgehead atoms. The van der Waals surface area contributed by atoms with E-state index in [2.05, 4.69) is 10.2 Å². The smallest absolute Gasteiger partial charge is 0.139 e. The Morgan fingerprint density at radius 2 is 2.00 bits per heavy atom. The second-order valence-electron chi connectivity index (χ2n) is 2.91. The number of methoxy groups -OCH3 is 1. The van der Waals surface area contributed by atoms with Crippen molar-refractivity contribution in [1.82, 2.24) is 10.2 Å². The van der Waals surface area contributed by atoms with Crippen LogP contribution in [0.3, 0.4) is 0 Å². The molecule has 0 aliphatic heterocycles. The van der Waals surface area contributed by atoms with Gasteiger partial charge in [-0.2, -0.15) is 5.10 Å². The maximum absolute atomic E-state index is 6.11. The molecule has 1 aromatic heterocycles. The Morgan fingerprint density at radius 3 is 2.60 bits per heavy atom. The number of aromatic nitrogens is 2. The summed E-state index contributed by atoms with van der Waals surface area (Å²) in [4.78, 5) is 0. The lowest BCUT2D eigenvalue weighted by Crippen LogP contribution is -1.87. The minimum absolute atomic E-state index is 0.409. The SMILES string of the molecule is COc1ccc(-c2ccn[nH]2)c(Cl)c1Cl. The molecule has 0 amide bonds. The minimum atomic E-state index is 0.409. The van der Waals surface area contributed by atoms with Crippen molar-refractivity contribution in [2.75, 3.05) is 7.11 Å². The Labute approximate surface area is 97.0 Å². The van der Waals surface area contributed by atoms with Crippen LogP contribution in [0.1, 0.15) is 0 Å². The van der Waals surface area contributed by atoms with Crippen molar-refractivity contribution in [3.8, 4) is 17.0 Å². The van der Waals surface area contributed by atoms with E-state index in [0.29, 0.717) is 15.8 Å². The number of halogens is 2. The molecule has 0 radical (unpaired) electrons. The summed E-state index contributed by atoms with van der Waals surface area (Å²) >= 11 is 12.1. The molecular formula is C10H8Cl2N2O. The van der Waals surface area contributed by atoms with Crippen molar-refractivity contribution in [3.05, 3.63) is 34.4 Å². The summed E-state index contributed by atoms with van der Waals surface area (Å²) in [7, 11) is 1.55. The van der Waals surface area contributed by atoms with Crippen LogP contribution in [0.25, 0.3) is 11.3 Å². The molecular weight excluding hydrogens is 235 g/mol. The van der Waals surface area contributed by atoms with Crippen molar-refractivity contribution in [1.29, 1.82) is 0 Å². The van der Waals surface area contributed by atoms with Crippen LogP contribution in [0, 0.1) is 0 Å². The Kier molecular flexibility index (Phi) is 2.84. The van der Waals surface area contributed by atoms with E-state index in [1.54, 1.807) is 19.4 Å². The predicted molar refractivity (Wildman–Crippen MR) is 60.6 cm³/mol. The summed E-state index contributed by atoms with van der Waals surface area (Å²) in [5.41, 5.74) is 1.63. The molecule has 2 aromatic rings. The third-order valence-corrected chi connectivity index (χ3v) is 2.92. The molecule has 2 rings (SSSR count). The number of nitrogens with one attached hydrogen (secondary N) is 1. The van der Waals surface area contributed by atoms with Crippen LogP contribution in [0.15, 0.2) is 24.4 Å². The Morgan fingerprint density at radius 1 is 1.20 bits per heavy atom. The maximum atomic E-state index is 6.11. The summed E-state index contributed by atoms with van der Waals surface area (Å²) in [5, 5.41) is 7.55. The van der Waals surface area contributed by atoms with Gasteiger partial charge in [0.2, 0.25) is 0 Å². The molecule has 0 aliphatic rings. The van der Waals surface area contributed by atoms with Crippen molar-refractivity contribution >= 4 is 23.2 Å². The monoisotopic (exact) mass is 242 g/mol. The van der Waals surface area contributed by atoms with Crippen LogP contribution in [0.4, 0.5) is 0 Å². The number of hydrogen-bond donors (Lipinski definition) is 1. The van der Waals surface area contributed by atoms with Gasteiger partial charge in [0.1, 0.15) is 10.8 Å². The van der Waals surface area contributed by atoms with Gasteiger partial charge in [-0.15, -0.1) is 0 Å². The molecule has 5 heteroatoms. The van der Waals surface area contributed by atoms with Gasteiger partial charge in [0.25, 0.3) is 0 Å². The molecule has 1 N–H and O–H groups in total. The zero-order valence-electron chi connectivity index (χ0n) is 7.92. The van der Waals surface area contributed by atoms with Crippen LogP contribution in [-0.4, -0.2) is 17.3 Å². The van der Waals surface area contributed by atoms with Crippen LogP contribution in [0.5, 0.6) is 5.75 Å². The predicted octanol–water partition coefficient (Wildman–Crippen LogP) is 3.39. The number of benzene rings is 1. The lowest BCUT2D eigenvalue weighted by Gasteiger charge is -2.07. The van der Waals surface area contributed by atoms with Gasteiger partial charge in [-0.1, -0.05) is 23.2 Å². The van der Waals surface area contributed by atoms with Gasteiger partial charge in [-0.05, 0) is 18.2 Å². The van der Waals surface area contributed by atoms with Crippen molar-refractivity contribution in [3.63, 3.8) is 0 Å². The molecule has 1 aromatic carbocycles. The second kappa shape index (κ2) is 4.13. The van der Waals surface area contributed by atoms with E-state index in [0.717, 1.165) is 11.3 Å². The number of aromatic amines is 1. The van der Waals surface area contributed by atoms with Gasteiger partial charge in [0.15, 0.2) is 0 Å². The molecule has 0 saturated carbocycles. The lowest BCUT2D eigenvalue weighted by atomic mass is 10.1. The van der Waals surface area contributed by atoms with Gasteiger partial charge in [-0.3, -0.25) is 5.10 Å². The van der Waals surface area contributed by atoms with Gasteiger partial charge in [-0.25, -0.2) is 0 Å². The van der Waals surface area contributed by atoms with E-state index >= 15 is 0 Å². The van der Waals surface area contributed by atoms with Crippen LogP contribution >= 0.6 is 23.2 Å². The zero-order chi connectivity index (χ0) is 10.8. The summed E-state index contributed by atoms with van der Waals surface area (Å²) in [5.74, 6) is 0.560. The molecule has 0 unspecified atom stereocenters. The Hall–Kier alpha value is -1.19. The standard InChI is InChI=1S/C10H8Cl2N2O/c1-15-8-3-2-6(9(11)10(8)12)7-4-5-13-14-7/h2-5H,1H3,(H,13,14). The first kappa shape index (κ1) is 10.3. The van der Waals surface area contributed by atoms with Crippen LogP contribution in [-0.2, 0) is 0 Å². The topological polar surface area (TPSA) is 37.9 Å². The Bertz CT molecular complexity index is 469. The maximum Gasteiger partial charge on any atom is 0.139 e. The molecule has 3 nitrogen and oxygen atoms in total. The fourth-order valence-corrected chi connectivity index (χ4v) is 1.80. The number of nitrogens with zero attached hydrogens (tertiary/aromatic N) is 1. The molecule has 0 aliphatic carbocycles. The highest BCUT2D eigenvalue weighted by atomic mass is 35.5. The second-order valence-corrected chi connectivity index (χ2v) is 3.67. The average Bonchev–Trinajstić information content (AvgIpc) is 2.75. The summed E-state index contributed by atoms with van der Waals surface area (Å²) in [6.45, 7) is 0. The molecule has 0 spiro atoms. The number of rotatable bonds is 2. The summed E-state index contributed by atoms with van der Waals surface area (Å²) in [6.07, 6.45) is 1.66. The van der Waals surface area contributed by atoms with Crippen molar-refractivity contribution in [2.45, 2.75) is 0 Å². The number of hydrogen-bond acceptors (Lipinski definition) is 2. The fraction of sp³-hybridized carbons (Fsp3) is 0.100. The van der Waals surface area contributed by atoms with Crippen molar-refractivity contribution in [2.24, 2.45) is 0 Å². The molecule has 78 valence electrons. The highest BCUT2D eigenvalue weighted by Crippen LogP contribution is 2.38. The highest BCUT2D eigenvalue weighted by Gasteiger charge is 2.12. The van der Waals surface area contributed by atoms with E-state index in [1.807, 2.05) is 12.1 Å². The normalized spacial score (nSPS) is 10.3. The first-order chi connectivity index (χ1) is 7.24. The molecule has 0 fully saturated rings. The van der Waals surface area contributed by atoms with Crippen LogP contribution < -0.4 is 4.74 Å². The summed E-state index contributed by atoms with van der Waals surface area (Å²) < 4.78 is 5.06. The van der Waals surface area contributed by atoms with E-state index < -0.39 is 0 Å². The number of ether oxygens (including phenoxy) is 1. The molecule has 1 heterocycles. The quantitative estimate of drug-likeness (QED) is 0.877.